The third kappa shape index (κ3) is 5.76. The number of carboxylic acids is 1. The summed E-state index contributed by atoms with van der Waals surface area (Å²) in [5, 5.41) is 66.4. The Kier molecular flexibility index (Phi) is 8.96. The summed E-state index contributed by atoms with van der Waals surface area (Å²) >= 11 is 0. The highest BCUT2D eigenvalue weighted by Gasteiger charge is 2.50. The Morgan fingerprint density at radius 3 is 2.43 bits per heavy atom. The first-order valence-corrected chi connectivity index (χ1v) is 14.6. The van der Waals surface area contributed by atoms with E-state index in [9.17, 15) is 49.5 Å². The van der Waals surface area contributed by atoms with E-state index in [1.54, 1.807) is 0 Å². The molecule has 0 spiro atoms. The summed E-state index contributed by atoms with van der Waals surface area (Å²) in [5.74, 6) is -6.35. The van der Waals surface area contributed by atoms with E-state index >= 15 is 0 Å². The van der Waals surface area contributed by atoms with Crippen LogP contribution in [0.4, 0.5) is 0 Å². The molecule has 15 nitrogen and oxygen atoms in total. The van der Waals surface area contributed by atoms with Crippen molar-refractivity contribution in [1.82, 2.24) is 5.32 Å². The van der Waals surface area contributed by atoms with E-state index in [0.29, 0.717) is 6.08 Å². The van der Waals surface area contributed by atoms with Crippen molar-refractivity contribution in [3.05, 3.63) is 63.2 Å². The molecule has 0 radical (unpaired) electrons. The number of phenolic OH excluding ortho intramolecular Hbond substituents is 2. The molecule has 3 aliphatic rings. The lowest BCUT2D eigenvalue weighted by atomic mass is 9.72. The number of carbonyl (C=O) groups is 5. The molecule has 1 heterocycles. The second-order valence-corrected chi connectivity index (χ2v) is 11.7. The molecule has 1 amide bonds. The quantitative estimate of drug-likeness (QED) is 0.127. The lowest BCUT2D eigenvalue weighted by Crippen LogP contribution is -2.56. The molecular weight excluding hydrogens is 622 g/mol. The van der Waals surface area contributed by atoms with Crippen LogP contribution in [-0.4, -0.2) is 104 Å². The van der Waals surface area contributed by atoms with Gasteiger partial charge in [0.1, 0.15) is 35.6 Å². The molecule has 15 heteroatoms. The highest BCUT2D eigenvalue weighted by molar-refractivity contribution is 6.31. The van der Waals surface area contributed by atoms with Crippen molar-refractivity contribution in [2.75, 3.05) is 13.7 Å². The van der Waals surface area contributed by atoms with Crippen LogP contribution < -0.4 is 10.1 Å². The van der Waals surface area contributed by atoms with Gasteiger partial charge in [-0.05, 0) is 19.9 Å². The number of phenols is 2. The number of carboxylic acid groups (broad SMARTS) is 1. The van der Waals surface area contributed by atoms with Gasteiger partial charge in [-0.15, -0.1) is 0 Å². The minimum atomic E-state index is -2.36. The molecule has 1 aliphatic heterocycles. The first kappa shape index (κ1) is 33.7. The van der Waals surface area contributed by atoms with Crippen LogP contribution in [0, 0.1) is 0 Å². The van der Waals surface area contributed by atoms with Gasteiger partial charge in [0, 0.05) is 47.6 Å². The van der Waals surface area contributed by atoms with Crippen molar-refractivity contribution in [3.8, 4) is 17.2 Å². The Balaban J connectivity index is 1.58. The Hall–Kier alpha value is -4.67. The Morgan fingerprint density at radius 2 is 1.79 bits per heavy atom. The van der Waals surface area contributed by atoms with E-state index in [2.05, 4.69) is 5.32 Å². The number of aliphatic carboxylic acids is 1. The molecule has 4 unspecified atom stereocenters. The van der Waals surface area contributed by atoms with Gasteiger partial charge in [-0.2, -0.15) is 0 Å². The average molecular weight is 656 g/mol. The minimum Gasteiger partial charge on any atom is -0.507 e. The summed E-state index contributed by atoms with van der Waals surface area (Å²) in [5.41, 5.74) is -4.37. The summed E-state index contributed by atoms with van der Waals surface area (Å²) in [7, 11) is 1.29. The smallest absolute Gasteiger partial charge is 0.328 e. The van der Waals surface area contributed by atoms with E-state index in [-0.39, 0.29) is 40.0 Å². The number of hydrogen-bond acceptors (Lipinski definition) is 13. The second-order valence-electron chi connectivity index (χ2n) is 11.7. The molecule has 1 saturated heterocycles. The number of methoxy groups -OCH3 is 1. The Labute approximate surface area is 267 Å². The van der Waals surface area contributed by atoms with Crippen LogP contribution in [0.1, 0.15) is 75.8 Å². The van der Waals surface area contributed by atoms with Crippen LogP contribution in [0.5, 0.6) is 17.2 Å². The summed E-state index contributed by atoms with van der Waals surface area (Å²) in [6.45, 7) is 1.64. The van der Waals surface area contributed by atoms with Gasteiger partial charge in [0.25, 0.3) is 0 Å². The highest BCUT2D eigenvalue weighted by Crippen LogP contribution is 2.52. The van der Waals surface area contributed by atoms with Gasteiger partial charge >= 0.3 is 5.97 Å². The van der Waals surface area contributed by atoms with Crippen molar-refractivity contribution in [3.63, 3.8) is 0 Å². The van der Waals surface area contributed by atoms with E-state index < -0.39 is 108 Å². The van der Waals surface area contributed by atoms with E-state index in [1.807, 2.05) is 0 Å². The highest BCUT2D eigenvalue weighted by atomic mass is 16.7. The summed E-state index contributed by atoms with van der Waals surface area (Å²) < 4.78 is 17.2. The van der Waals surface area contributed by atoms with Crippen LogP contribution in [0.2, 0.25) is 0 Å². The van der Waals surface area contributed by atoms with Crippen LogP contribution in [0.15, 0.2) is 29.8 Å². The van der Waals surface area contributed by atoms with Crippen molar-refractivity contribution < 1.29 is 68.8 Å². The molecule has 0 bridgehead atoms. The number of ketones is 3. The SMILES string of the molecule is COc1cccc2c1C(=O)c1c(O)c3c(c(O)c1C2=O)C[C@@](O)(C(=O)CO)C[C@@H]3OC1CC(NC(=O)/C(C)=C/C(=O)O)C(O)C(C)O1. The maximum atomic E-state index is 13.8. The number of aliphatic hydroxyl groups is 3. The van der Waals surface area contributed by atoms with Crippen LogP contribution in [0.3, 0.4) is 0 Å². The third-order valence-corrected chi connectivity index (χ3v) is 8.78. The van der Waals surface area contributed by atoms with Gasteiger partial charge in [-0.3, -0.25) is 19.2 Å². The Bertz CT molecular complexity index is 1730. The average Bonchev–Trinajstić information content (AvgIpc) is 3.02. The maximum Gasteiger partial charge on any atom is 0.328 e. The monoisotopic (exact) mass is 655 g/mol. The fourth-order valence-corrected chi connectivity index (χ4v) is 6.39. The second kappa shape index (κ2) is 12.5. The molecular formula is C32H33NO14. The number of amides is 1. The zero-order valence-corrected chi connectivity index (χ0v) is 25.5. The van der Waals surface area contributed by atoms with E-state index in [4.69, 9.17) is 19.3 Å². The van der Waals surface area contributed by atoms with Crippen molar-refractivity contribution in [2.24, 2.45) is 0 Å². The molecule has 2 aromatic carbocycles. The first-order chi connectivity index (χ1) is 22.1. The van der Waals surface area contributed by atoms with Crippen molar-refractivity contribution in [1.29, 1.82) is 0 Å². The molecule has 6 atom stereocenters. The standard InChI is InChI=1S/C32H33NO14/c1-12(7-20(36)37)31(43)33-16-8-21(46-13(2)26(16)38)47-18-10-32(44,19(35)11-34)9-15-23(18)30(42)25-24(28(15)40)27(39)14-5-4-6-17(45-3)22(14)29(25)41/h4-7,13,16,18,21,26,34,38,40,42,44H,8-11H2,1-3H3,(H,33,43)(H,36,37)/b12-7+/t13?,16?,18-,21?,26?,32-/m0/s1. The summed E-state index contributed by atoms with van der Waals surface area (Å²) in [6, 6.07) is 3.22. The zero-order chi connectivity index (χ0) is 34.5. The summed E-state index contributed by atoms with van der Waals surface area (Å²) in [4.78, 5) is 63.8. The van der Waals surface area contributed by atoms with E-state index in [1.165, 1.54) is 39.2 Å². The van der Waals surface area contributed by atoms with Crippen LogP contribution in [-0.2, 0) is 30.3 Å². The van der Waals surface area contributed by atoms with Crippen LogP contribution >= 0.6 is 0 Å². The predicted octanol–water partition coefficient (Wildman–Crippen LogP) is 0.190. The number of aliphatic hydroxyl groups excluding tert-OH is 2. The van der Waals surface area contributed by atoms with Gasteiger partial charge in [0.15, 0.2) is 17.9 Å². The third-order valence-electron chi connectivity index (χ3n) is 8.78. The van der Waals surface area contributed by atoms with Crippen molar-refractivity contribution >= 4 is 29.2 Å². The predicted molar refractivity (Wildman–Crippen MR) is 157 cm³/mol. The van der Waals surface area contributed by atoms with Crippen molar-refractivity contribution in [2.45, 2.75) is 69.4 Å². The van der Waals surface area contributed by atoms with Gasteiger partial charge in [0.2, 0.25) is 11.7 Å². The van der Waals surface area contributed by atoms with Gasteiger partial charge in [-0.1, -0.05) is 12.1 Å². The minimum absolute atomic E-state index is 0.0449. The number of Topliss-reactive ketones (excluding diaryl/α,β-unsaturated/α-hetero) is 1. The number of rotatable bonds is 8. The van der Waals surface area contributed by atoms with Crippen LogP contribution in [0.25, 0.3) is 0 Å². The zero-order valence-electron chi connectivity index (χ0n) is 25.5. The molecule has 5 rings (SSSR count). The number of ether oxygens (including phenoxy) is 3. The molecule has 1 fully saturated rings. The van der Waals surface area contributed by atoms with Gasteiger partial charge in [0.05, 0.1) is 42.0 Å². The molecule has 47 heavy (non-hydrogen) atoms. The molecule has 0 saturated carbocycles. The molecule has 2 aliphatic carbocycles. The van der Waals surface area contributed by atoms with Gasteiger partial charge < -0.3 is 50.2 Å². The lowest BCUT2D eigenvalue weighted by molar-refractivity contribution is -0.249. The largest absolute Gasteiger partial charge is 0.507 e. The molecule has 2 aromatic rings. The number of fused-ring (bicyclic) bond motifs is 3. The number of hydrogen-bond donors (Lipinski definition) is 7. The number of nitrogens with one attached hydrogen (secondary N) is 1. The maximum absolute atomic E-state index is 13.8. The fraction of sp³-hybridized carbons (Fsp3) is 0.406. The first-order valence-electron chi connectivity index (χ1n) is 14.6. The fourth-order valence-electron chi connectivity index (χ4n) is 6.39. The number of benzene rings is 2. The number of carbonyl (C=O) groups excluding carboxylic acids is 4. The van der Waals surface area contributed by atoms with E-state index in [0.717, 1.165) is 0 Å². The van der Waals surface area contributed by atoms with Gasteiger partial charge in [-0.25, -0.2) is 4.79 Å². The summed E-state index contributed by atoms with van der Waals surface area (Å²) in [6.07, 6.45) is -5.86. The Morgan fingerprint density at radius 1 is 1.11 bits per heavy atom. The number of aromatic hydroxyl groups is 2. The normalized spacial score (nSPS) is 26.9. The molecule has 0 aromatic heterocycles. The topological polar surface area (TPSA) is 246 Å². The molecule has 250 valence electrons. The molecule has 7 N–H and O–H groups in total. The lowest BCUT2D eigenvalue weighted by Gasteiger charge is -2.43.